The molecule has 0 saturated carbocycles. The first-order valence-corrected chi connectivity index (χ1v) is 10.5. The Morgan fingerprint density at radius 3 is 1.32 bits per heavy atom. The van der Waals surface area contributed by atoms with Gasteiger partial charge in [-0.05, 0) is 26.7 Å². The summed E-state index contributed by atoms with van der Waals surface area (Å²) in [4.78, 5) is 23.9. The van der Waals surface area contributed by atoms with E-state index in [1.54, 1.807) is 13.8 Å². The van der Waals surface area contributed by atoms with Gasteiger partial charge in [-0.25, -0.2) is 16.8 Å². The van der Waals surface area contributed by atoms with Crippen LogP contribution in [0.25, 0.3) is 0 Å². The van der Waals surface area contributed by atoms with Crippen LogP contribution in [0.1, 0.15) is 26.7 Å². The van der Waals surface area contributed by atoms with E-state index in [9.17, 15) is 26.4 Å². The zero-order chi connectivity index (χ0) is 16.8. The first kappa shape index (κ1) is 17.2. The van der Waals surface area contributed by atoms with Crippen LogP contribution >= 0.6 is 0 Å². The normalized spacial score (nSPS) is 35.9. The number of hydrogen-bond donors (Lipinski definition) is 2. The number of nitrogens with one attached hydrogen (secondary N) is 2. The molecular formula is C12H20N2O6S2. The number of hydrogen-bond acceptors (Lipinski definition) is 6. The molecule has 0 aromatic rings. The zero-order valence-electron chi connectivity index (χ0n) is 12.5. The van der Waals surface area contributed by atoms with Gasteiger partial charge in [0.25, 0.3) is 0 Å². The lowest BCUT2D eigenvalue weighted by Crippen LogP contribution is -2.56. The molecule has 2 fully saturated rings. The van der Waals surface area contributed by atoms with Crippen molar-refractivity contribution in [2.75, 3.05) is 23.0 Å². The number of rotatable bonds is 2. The van der Waals surface area contributed by atoms with Gasteiger partial charge in [0.2, 0.25) is 0 Å². The summed E-state index contributed by atoms with van der Waals surface area (Å²) in [5.41, 5.74) is -1.92. The van der Waals surface area contributed by atoms with Gasteiger partial charge in [0.05, 0.1) is 34.1 Å². The summed E-state index contributed by atoms with van der Waals surface area (Å²) in [6.07, 6.45) is 0.500. The summed E-state index contributed by atoms with van der Waals surface area (Å²) in [6, 6.07) is 0. The van der Waals surface area contributed by atoms with Crippen LogP contribution in [-0.2, 0) is 29.3 Å². The van der Waals surface area contributed by atoms with E-state index in [2.05, 4.69) is 10.6 Å². The van der Waals surface area contributed by atoms with Crippen LogP contribution in [0.2, 0.25) is 0 Å². The van der Waals surface area contributed by atoms with Crippen LogP contribution < -0.4 is 10.6 Å². The fraction of sp³-hybridized carbons (Fsp3) is 0.833. The first-order valence-electron chi connectivity index (χ1n) is 6.89. The van der Waals surface area contributed by atoms with Gasteiger partial charge in [0.15, 0.2) is 19.7 Å². The lowest BCUT2D eigenvalue weighted by atomic mass is 10.0. The van der Waals surface area contributed by atoms with Gasteiger partial charge in [0.1, 0.15) is 0 Å². The minimum atomic E-state index is -3.20. The maximum atomic E-state index is 11.9. The molecule has 2 rings (SSSR count). The SMILES string of the molecule is C[C@]1(NC(=O)C(=O)N[C@]2(C)CCS(=O)(=O)C2)CCS(=O)(=O)C1. The predicted octanol–water partition coefficient (Wildman–Crippen LogP) is -1.63. The maximum absolute atomic E-state index is 11.9. The van der Waals surface area contributed by atoms with Crippen molar-refractivity contribution in [3.8, 4) is 0 Å². The van der Waals surface area contributed by atoms with Crippen molar-refractivity contribution >= 4 is 31.5 Å². The first-order chi connectivity index (χ1) is 9.84. The molecule has 2 saturated heterocycles. The molecule has 0 aromatic carbocycles. The van der Waals surface area contributed by atoms with Gasteiger partial charge in [-0.15, -0.1) is 0 Å². The average Bonchev–Trinajstić information content (AvgIpc) is 2.75. The van der Waals surface area contributed by atoms with E-state index in [1.165, 1.54) is 0 Å². The second-order valence-electron chi connectivity index (χ2n) is 6.71. The highest BCUT2D eigenvalue weighted by Crippen LogP contribution is 2.24. The summed E-state index contributed by atoms with van der Waals surface area (Å²) in [6.45, 7) is 3.15. The highest BCUT2D eigenvalue weighted by molar-refractivity contribution is 7.92. The Morgan fingerprint density at radius 2 is 1.09 bits per heavy atom. The molecule has 2 atom stereocenters. The second-order valence-corrected chi connectivity index (χ2v) is 11.1. The van der Waals surface area contributed by atoms with Gasteiger partial charge < -0.3 is 10.6 Å². The summed E-state index contributed by atoms with van der Waals surface area (Å²) < 4.78 is 45.9. The monoisotopic (exact) mass is 352 g/mol. The number of amides is 2. The Hall–Kier alpha value is -1.16. The summed E-state index contributed by atoms with van der Waals surface area (Å²) in [5.74, 6) is -2.34. The standard InChI is InChI=1S/C12H20N2O6S2/c1-11(3-5-21(17,18)7-11)13-9(15)10(16)14-12(2)4-6-22(19,20)8-12/h3-8H2,1-2H3,(H,13,15)(H,14,16)/t11-,12+. The Kier molecular flexibility index (Phi) is 4.06. The topological polar surface area (TPSA) is 126 Å². The Bertz CT molecular complexity index is 652. The molecule has 2 heterocycles. The van der Waals surface area contributed by atoms with Crippen molar-refractivity contribution in [2.24, 2.45) is 0 Å². The summed E-state index contributed by atoms with van der Waals surface area (Å²) in [5, 5.41) is 4.89. The van der Waals surface area contributed by atoms with E-state index < -0.39 is 42.6 Å². The highest BCUT2D eigenvalue weighted by atomic mass is 32.2. The van der Waals surface area contributed by atoms with Gasteiger partial charge in [0, 0.05) is 0 Å². The third kappa shape index (κ3) is 3.97. The molecule has 0 unspecified atom stereocenters. The Balaban J connectivity index is 1.98. The fourth-order valence-electron chi connectivity index (χ4n) is 2.88. The Labute approximate surface area is 129 Å². The molecule has 0 aliphatic carbocycles. The van der Waals surface area contributed by atoms with Gasteiger partial charge in [-0.2, -0.15) is 0 Å². The van der Waals surface area contributed by atoms with Crippen LogP contribution in [0.15, 0.2) is 0 Å². The lowest BCUT2D eigenvalue weighted by Gasteiger charge is -2.26. The Morgan fingerprint density at radius 1 is 0.773 bits per heavy atom. The molecule has 2 aliphatic rings. The van der Waals surface area contributed by atoms with Gasteiger partial charge in [-0.3, -0.25) is 9.59 Å². The van der Waals surface area contributed by atoms with Crippen molar-refractivity contribution in [1.29, 1.82) is 0 Å². The van der Waals surface area contributed by atoms with E-state index in [0.717, 1.165) is 0 Å². The average molecular weight is 352 g/mol. The van der Waals surface area contributed by atoms with Crippen LogP contribution in [0.3, 0.4) is 0 Å². The maximum Gasteiger partial charge on any atom is 0.309 e. The molecule has 2 aliphatic heterocycles. The molecule has 2 N–H and O–H groups in total. The number of sulfone groups is 2. The highest BCUT2D eigenvalue weighted by Gasteiger charge is 2.43. The third-order valence-electron chi connectivity index (χ3n) is 4.04. The quantitative estimate of drug-likeness (QED) is 0.575. The van der Waals surface area contributed by atoms with E-state index in [1.807, 2.05) is 0 Å². The van der Waals surface area contributed by atoms with Crippen LogP contribution in [0.4, 0.5) is 0 Å². The molecule has 2 amide bonds. The smallest absolute Gasteiger partial charge is 0.309 e. The lowest BCUT2D eigenvalue weighted by molar-refractivity contribution is -0.141. The summed E-state index contributed by atoms with van der Waals surface area (Å²) >= 11 is 0. The van der Waals surface area contributed by atoms with Crippen LogP contribution in [0, 0.1) is 0 Å². The minimum Gasteiger partial charge on any atom is -0.342 e. The van der Waals surface area contributed by atoms with E-state index in [4.69, 9.17) is 0 Å². The molecule has 0 aromatic heterocycles. The number of carbonyl (C=O) groups excluding carboxylic acids is 2. The molecule has 0 bridgehead atoms. The van der Waals surface area contributed by atoms with Crippen molar-refractivity contribution in [3.05, 3.63) is 0 Å². The van der Waals surface area contributed by atoms with Crippen molar-refractivity contribution in [3.63, 3.8) is 0 Å². The largest absolute Gasteiger partial charge is 0.342 e. The molecule has 126 valence electrons. The third-order valence-corrected chi connectivity index (χ3v) is 7.85. The predicted molar refractivity (Wildman–Crippen MR) is 79.6 cm³/mol. The molecule has 10 heteroatoms. The molecule has 0 radical (unpaired) electrons. The van der Waals surface area contributed by atoms with Crippen LogP contribution in [0.5, 0.6) is 0 Å². The van der Waals surface area contributed by atoms with Crippen molar-refractivity contribution in [2.45, 2.75) is 37.8 Å². The van der Waals surface area contributed by atoms with Gasteiger partial charge >= 0.3 is 11.8 Å². The molecule has 8 nitrogen and oxygen atoms in total. The summed E-state index contributed by atoms with van der Waals surface area (Å²) in [7, 11) is -6.40. The van der Waals surface area contributed by atoms with Gasteiger partial charge in [-0.1, -0.05) is 0 Å². The van der Waals surface area contributed by atoms with E-state index in [-0.39, 0.29) is 35.9 Å². The fourth-order valence-corrected chi connectivity index (χ4v) is 7.07. The van der Waals surface area contributed by atoms with E-state index >= 15 is 0 Å². The number of carbonyl (C=O) groups is 2. The van der Waals surface area contributed by atoms with Crippen LogP contribution in [-0.4, -0.2) is 62.7 Å². The van der Waals surface area contributed by atoms with Crippen molar-refractivity contribution in [1.82, 2.24) is 10.6 Å². The zero-order valence-corrected chi connectivity index (χ0v) is 14.1. The second kappa shape index (κ2) is 5.19. The molecule has 0 spiro atoms. The minimum absolute atomic E-state index is 0.0264. The van der Waals surface area contributed by atoms with Crippen molar-refractivity contribution < 1.29 is 26.4 Å². The molecular weight excluding hydrogens is 332 g/mol. The molecule has 22 heavy (non-hydrogen) atoms. The van der Waals surface area contributed by atoms with E-state index in [0.29, 0.717) is 0 Å².